The highest BCUT2D eigenvalue weighted by atomic mass is 35.5. The Hall–Kier alpha value is -3.23. The second-order valence-corrected chi connectivity index (χ2v) is 10.2. The Balaban J connectivity index is 1.28. The molecule has 4 rings (SSSR count). The molecule has 9 heteroatoms. The fraction of sp³-hybridized carbons (Fsp3) is 0.240. The van der Waals surface area contributed by atoms with E-state index in [0.29, 0.717) is 42.6 Å². The van der Waals surface area contributed by atoms with Gasteiger partial charge in [0.15, 0.2) is 6.61 Å². The molecule has 1 aliphatic rings. The summed E-state index contributed by atoms with van der Waals surface area (Å²) in [7, 11) is -3.72. The zero-order valence-corrected chi connectivity index (χ0v) is 20.3. The van der Waals surface area contributed by atoms with Crippen LogP contribution < -0.4 is 14.4 Å². The maximum atomic E-state index is 12.6. The van der Waals surface area contributed by atoms with E-state index in [1.54, 1.807) is 35.2 Å². The average Bonchev–Trinajstić information content (AvgIpc) is 2.83. The number of halogens is 1. The number of rotatable bonds is 7. The number of sulfonamides is 1. The van der Waals surface area contributed by atoms with Gasteiger partial charge in [0.25, 0.3) is 15.9 Å². The molecule has 0 spiro atoms. The number of aryl methyl sites for hydroxylation is 1. The molecule has 34 heavy (non-hydrogen) atoms. The highest BCUT2D eigenvalue weighted by Crippen LogP contribution is 2.22. The predicted molar refractivity (Wildman–Crippen MR) is 134 cm³/mol. The number of benzene rings is 3. The molecule has 0 aliphatic carbocycles. The lowest BCUT2D eigenvalue weighted by molar-refractivity contribution is -0.133. The van der Waals surface area contributed by atoms with Gasteiger partial charge >= 0.3 is 0 Å². The Morgan fingerprint density at radius 3 is 2.35 bits per heavy atom. The van der Waals surface area contributed by atoms with Crippen molar-refractivity contribution >= 4 is 38.9 Å². The first kappa shape index (κ1) is 23.9. The Kier molecular flexibility index (Phi) is 7.29. The molecule has 3 aromatic rings. The van der Waals surface area contributed by atoms with Gasteiger partial charge in [0, 0.05) is 42.6 Å². The summed E-state index contributed by atoms with van der Waals surface area (Å²) in [5.41, 5.74) is 2.50. The molecule has 0 atom stereocenters. The van der Waals surface area contributed by atoms with Gasteiger partial charge in [0.05, 0.1) is 4.90 Å². The van der Waals surface area contributed by atoms with E-state index in [2.05, 4.69) is 9.62 Å². The molecule has 178 valence electrons. The largest absolute Gasteiger partial charge is 0.484 e. The van der Waals surface area contributed by atoms with Crippen molar-refractivity contribution in [3.05, 3.63) is 83.4 Å². The number of amides is 1. The molecule has 0 saturated carbocycles. The molecule has 1 saturated heterocycles. The summed E-state index contributed by atoms with van der Waals surface area (Å²) in [5, 5.41) is 0.689. The van der Waals surface area contributed by atoms with Crippen molar-refractivity contribution < 1.29 is 17.9 Å². The number of carbonyl (C=O) groups is 1. The second kappa shape index (κ2) is 10.4. The number of carbonyl (C=O) groups excluding carboxylic acids is 1. The van der Waals surface area contributed by atoms with Gasteiger partial charge < -0.3 is 14.5 Å². The molecule has 0 bridgehead atoms. The second-order valence-electron chi connectivity index (χ2n) is 8.08. The molecule has 3 aromatic carbocycles. The van der Waals surface area contributed by atoms with E-state index in [4.69, 9.17) is 16.3 Å². The van der Waals surface area contributed by atoms with Crippen LogP contribution >= 0.6 is 11.6 Å². The van der Waals surface area contributed by atoms with E-state index in [1.807, 2.05) is 37.3 Å². The lowest BCUT2D eigenvalue weighted by Crippen LogP contribution is -2.50. The van der Waals surface area contributed by atoms with Crippen LogP contribution in [0.5, 0.6) is 5.75 Å². The van der Waals surface area contributed by atoms with Crippen LogP contribution in [0.2, 0.25) is 5.02 Å². The average molecular weight is 500 g/mol. The minimum atomic E-state index is -3.72. The monoisotopic (exact) mass is 499 g/mol. The Bertz CT molecular complexity index is 1260. The van der Waals surface area contributed by atoms with E-state index in [-0.39, 0.29) is 17.4 Å². The van der Waals surface area contributed by atoms with Gasteiger partial charge in [-0.2, -0.15) is 0 Å². The van der Waals surface area contributed by atoms with Gasteiger partial charge in [-0.3, -0.25) is 9.52 Å². The first-order valence-electron chi connectivity index (χ1n) is 10.9. The van der Waals surface area contributed by atoms with Crippen LogP contribution in [-0.2, 0) is 14.8 Å². The zero-order valence-electron chi connectivity index (χ0n) is 18.8. The van der Waals surface area contributed by atoms with Crippen molar-refractivity contribution in [3.63, 3.8) is 0 Å². The van der Waals surface area contributed by atoms with Crippen LogP contribution in [0.25, 0.3) is 0 Å². The van der Waals surface area contributed by atoms with Gasteiger partial charge in [-0.15, -0.1) is 0 Å². The molecule has 0 unspecified atom stereocenters. The van der Waals surface area contributed by atoms with E-state index in [0.717, 1.165) is 11.3 Å². The normalized spacial score (nSPS) is 14.1. The maximum absolute atomic E-state index is 12.6. The minimum absolute atomic E-state index is 0.106. The van der Waals surface area contributed by atoms with E-state index in [9.17, 15) is 13.2 Å². The summed E-state index contributed by atoms with van der Waals surface area (Å²) in [6.07, 6.45) is 0. The quantitative estimate of drug-likeness (QED) is 0.527. The highest BCUT2D eigenvalue weighted by Gasteiger charge is 2.22. The summed E-state index contributed by atoms with van der Waals surface area (Å²) < 4.78 is 33.4. The molecule has 1 N–H and O–H groups in total. The number of nitrogens with zero attached hydrogens (tertiary/aromatic N) is 2. The van der Waals surface area contributed by atoms with E-state index < -0.39 is 10.0 Å². The number of piperazine rings is 1. The molecule has 1 fully saturated rings. The molecular formula is C25H26ClN3O4S. The van der Waals surface area contributed by atoms with Crippen LogP contribution in [0.1, 0.15) is 5.56 Å². The zero-order chi connectivity index (χ0) is 24.1. The predicted octanol–water partition coefficient (Wildman–Crippen LogP) is 4.18. The van der Waals surface area contributed by atoms with Gasteiger partial charge in [0.2, 0.25) is 0 Å². The van der Waals surface area contributed by atoms with Crippen LogP contribution in [0.15, 0.2) is 77.7 Å². The summed E-state index contributed by atoms with van der Waals surface area (Å²) in [6, 6.07) is 20.8. The van der Waals surface area contributed by atoms with Crippen molar-refractivity contribution in [2.24, 2.45) is 0 Å². The summed E-state index contributed by atoms with van der Waals surface area (Å²) in [4.78, 5) is 16.7. The van der Waals surface area contributed by atoms with Crippen molar-refractivity contribution in [1.29, 1.82) is 0 Å². The van der Waals surface area contributed by atoms with Gasteiger partial charge in [-0.25, -0.2) is 8.42 Å². The number of hydrogen-bond acceptors (Lipinski definition) is 5. The van der Waals surface area contributed by atoms with E-state index >= 15 is 0 Å². The molecule has 1 heterocycles. The fourth-order valence-electron chi connectivity index (χ4n) is 3.76. The summed E-state index contributed by atoms with van der Waals surface area (Å²) in [6.45, 7) is 4.40. The van der Waals surface area contributed by atoms with Crippen molar-refractivity contribution in [2.45, 2.75) is 11.8 Å². The molecule has 7 nitrogen and oxygen atoms in total. The molecule has 0 radical (unpaired) electrons. The minimum Gasteiger partial charge on any atom is -0.484 e. The van der Waals surface area contributed by atoms with Gasteiger partial charge in [-0.05, 0) is 67.1 Å². The van der Waals surface area contributed by atoms with Crippen LogP contribution in [0.4, 0.5) is 11.4 Å². The third-order valence-electron chi connectivity index (χ3n) is 5.57. The Morgan fingerprint density at radius 2 is 1.68 bits per heavy atom. The standard InChI is InChI=1S/C25H26ClN3O4S/c1-19-4-2-6-21(16-19)27-34(31,32)24-10-8-23(9-11-24)33-18-25(30)29-14-12-28(13-15-29)22-7-3-5-20(26)17-22/h2-11,16-17,27H,12-15,18H2,1H3. The van der Waals surface area contributed by atoms with E-state index in [1.165, 1.54) is 12.1 Å². The summed E-state index contributed by atoms with van der Waals surface area (Å²) in [5.74, 6) is 0.323. The Morgan fingerprint density at radius 1 is 0.971 bits per heavy atom. The smallest absolute Gasteiger partial charge is 0.261 e. The Labute approximate surface area is 205 Å². The number of anilines is 2. The highest BCUT2D eigenvalue weighted by molar-refractivity contribution is 7.92. The third-order valence-corrected chi connectivity index (χ3v) is 7.20. The van der Waals surface area contributed by atoms with Gasteiger partial charge in [0.1, 0.15) is 5.75 Å². The lowest BCUT2D eigenvalue weighted by Gasteiger charge is -2.36. The maximum Gasteiger partial charge on any atom is 0.261 e. The third kappa shape index (κ3) is 6.01. The van der Waals surface area contributed by atoms with Crippen molar-refractivity contribution in [1.82, 2.24) is 4.90 Å². The first-order chi connectivity index (χ1) is 16.3. The number of ether oxygens (including phenoxy) is 1. The topological polar surface area (TPSA) is 78.9 Å². The van der Waals surface area contributed by atoms with Crippen LogP contribution in [0.3, 0.4) is 0 Å². The lowest BCUT2D eigenvalue weighted by atomic mass is 10.2. The molecular weight excluding hydrogens is 474 g/mol. The van der Waals surface area contributed by atoms with Crippen molar-refractivity contribution in [3.8, 4) is 5.75 Å². The summed E-state index contributed by atoms with van der Waals surface area (Å²) >= 11 is 6.07. The van der Waals surface area contributed by atoms with Gasteiger partial charge in [-0.1, -0.05) is 29.8 Å². The number of hydrogen-bond donors (Lipinski definition) is 1. The molecule has 1 aliphatic heterocycles. The molecule has 1 amide bonds. The van der Waals surface area contributed by atoms with Crippen LogP contribution in [0, 0.1) is 6.92 Å². The van der Waals surface area contributed by atoms with Crippen molar-refractivity contribution in [2.75, 3.05) is 42.4 Å². The SMILES string of the molecule is Cc1cccc(NS(=O)(=O)c2ccc(OCC(=O)N3CCN(c4cccc(Cl)c4)CC3)cc2)c1. The molecule has 0 aromatic heterocycles. The fourth-order valence-corrected chi connectivity index (χ4v) is 4.99. The van der Waals surface area contributed by atoms with Crippen LogP contribution in [-0.4, -0.2) is 52.0 Å². The number of nitrogens with one attached hydrogen (secondary N) is 1. The first-order valence-corrected chi connectivity index (χ1v) is 12.8.